The number of nitrogens with one attached hydrogen (secondary N) is 2. The third kappa shape index (κ3) is 3.44. The highest BCUT2D eigenvalue weighted by atomic mass is 35.5. The first-order chi connectivity index (χ1) is 14.6. The van der Waals surface area contributed by atoms with Gasteiger partial charge in [0.2, 0.25) is 5.95 Å². The minimum Gasteiger partial charge on any atom is -0.324 e. The maximum atomic E-state index is 13.7. The van der Waals surface area contributed by atoms with Gasteiger partial charge in [-0.1, -0.05) is 11.6 Å². The van der Waals surface area contributed by atoms with Crippen molar-refractivity contribution in [1.82, 2.24) is 24.7 Å². The van der Waals surface area contributed by atoms with E-state index in [1.807, 2.05) is 17.7 Å². The summed E-state index contributed by atoms with van der Waals surface area (Å²) >= 11 is 5.84. The van der Waals surface area contributed by atoms with Crippen molar-refractivity contribution in [3.8, 4) is 0 Å². The van der Waals surface area contributed by atoms with Crippen molar-refractivity contribution in [2.75, 3.05) is 5.32 Å². The highest BCUT2D eigenvalue weighted by Gasteiger charge is 2.30. The molecule has 0 bridgehead atoms. The molecule has 1 fully saturated rings. The predicted octanol–water partition coefficient (Wildman–Crippen LogP) is 5.29. The Morgan fingerprint density at radius 3 is 2.68 bits per heavy atom. The molecule has 4 aromatic rings. The maximum Gasteiger partial charge on any atom is 0.258 e. The Morgan fingerprint density at radius 1 is 1.26 bits per heavy atom. The monoisotopic (exact) mass is 440 g/mol. The molecular weight excluding hydrogens is 419 g/mol. The van der Waals surface area contributed by atoms with Crippen LogP contribution in [0.1, 0.15) is 61.3 Å². The van der Waals surface area contributed by atoms with E-state index in [9.17, 15) is 9.18 Å². The molecule has 1 aliphatic rings. The van der Waals surface area contributed by atoms with Crippen molar-refractivity contribution in [3.63, 3.8) is 0 Å². The van der Waals surface area contributed by atoms with Crippen molar-refractivity contribution in [3.05, 3.63) is 46.0 Å². The molecule has 160 valence electrons. The van der Waals surface area contributed by atoms with Crippen LogP contribution in [0.15, 0.2) is 18.2 Å². The Kier molecular flexibility index (Phi) is 4.34. The van der Waals surface area contributed by atoms with Crippen LogP contribution in [0.3, 0.4) is 0 Å². The van der Waals surface area contributed by atoms with Gasteiger partial charge in [-0.05, 0) is 52.7 Å². The van der Waals surface area contributed by atoms with Crippen molar-refractivity contribution in [2.24, 2.45) is 0 Å². The first kappa shape index (κ1) is 19.9. The zero-order valence-electron chi connectivity index (χ0n) is 17.7. The van der Waals surface area contributed by atoms with Gasteiger partial charge in [-0.25, -0.2) is 19.0 Å². The molecule has 31 heavy (non-hydrogen) atoms. The predicted molar refractivity (Wildman–Crippen MR) is 118 cm³/mol. The summed E-state index contributed by atoms with van der Waals surface area (Å²) in [5, 5.41) is 8.19. The third-order valence-corrected chi connectivity index (χ3v) is 5.75. The van der Waals surface area contributed by atoms with Crippen LogP contribution in [0.2, 0.25) is 5.02 Å². The Bertz CT molecular complexity index is 1320. The van der Waals surface area contributed by atoms with Gasteiger partial charge in [0, 0.05) is 17.7 Å². The van der Waals surface area contributed by atoms with E-state index in [0.717, 1.165) is 29.6 Å². The van der Waals surface area contributed by atoms with E-state index in [1.54, 1.807) is 0 Å². The smallest absolute Gasteiger partial charge is 0.258 e. The second-order valence-electron chi connectivity index (χ2n) is 9.06. The third-order valence-electron chi connectivity index (χ3n) is 5.46. The summed E-state index contributed by atoms with van der Waals surface area (Å²) in [6.45, 7) is 8.06. The number of H-pyrrole nitrogens is 1. The lowest BCUT2D eigenvalue weighted by Crippen LogP contribution is -2.24. The summed E-state index contributed by atoms with van der Waals surface area (Å²) in [6, 6.07) is 4.54. The molecule has 9 heteroatoms. The maximum absolute atomic E-state index is 13.7. The zero-order valence-corrected chi connectivity index (χ0v) is 18.4. The van der Waals surface area contributed by atoms with Crippen LogP contribution < -0.4 is 5.32 Å². The number of aromatic nitrogens is 5. The first-order valence-electron chi connectivity index (χ1n) is 10.2. The fourth-order valence-electron chi connectivity index (χ4n) is 3.78. The molecule has 1 aromatic carbocycles. The van der Waals surface area contributed by atoms with E-state index in [2.05, 4.69) is 41.2 Å². The van der Waals surface area contributed by atoms with E-state index >= 15 is 0 Å². The van der Waals surface area contributed by atoms with E-state index in [1.165, 1.54) is 12.1 Å². The van der Waals surface area contributed by atoms with Crippen LogP contribution in [0.25, 0.3) is 22.1 Å². The molecule has 1 aliphatic carbocycles. The number of carbonyl (C=O) groups is 1. The molecule has 0 unspecified atom stereocenters. The largest absolute Gasteiger partial charge is 0.324 e. The summed E-state index contributed by atoms with van der Waals surface area (Å²) in [7, 11) is 0. The number of hydrogen-bond donors (Lipinski definition) is 2. The molecule has 7 nitrogen and oxygen atoms in total. The number of aryl methyl sites for hydroxylation is 1. The normalized spacial score (nSPS) is 14.5. The SMILES string of the molecule is Cc1nn(C(C)(C)C)c2nc(C3CC3)cc(C(=O)Nc3nc4cc(Cl)c(F)cc4[nH]3)c12. The van der Waals surface area contributed by atoms with Gasteiger partial charge < -0.3 is 4.98 Å². The van der Waals surface area contributed by atoms with E-state index in [4.69, 9.17) is 16.6 Å². The average Bonchev–Trinajstić information content (AvgIpc) is 3.39. The number of rotatable bonds is 3. The molecular formula is C22H22ClFN6O. The van der Waals surface area contributed by atoms with Gasteiger partial charge in [-0.15, -0.1) is 0 Å². The van der Waals surface area contributed by atoms with Gasteiger partial charge in [-0.3, -0.25) is 10.1 Å². The number of carbonyl (C=O) groups excluding carboxylic acids is 1. The van der Waals surface area contributed by atoms with E-state index < -0.39 is 5.82 Å². The Labute approximate surface area is 183 Å². The lowest BCUT2D eigenvalue weighted by atomic mass is 10.1. The van der Waals surface area contributed by atoms with Crippen molar-refractivity contribution in [1.29, 1.82) is 0 Å². The van der Waals surface area contributed by atoms with Crippen LogP contribution in [-0.2, 0) is 5.54 Å². The fraction of sp³-hybridized carbons (Fsp3) is 0.364. The number of amides is 1. The Morgan fingerprint density at radius 2 is 2.00 bits per heavy atom. The molecule has 0 aliphatic heterocycles. The number of imidazole rings is 1. The summed E-state index contributed by atoms with van der Waals surface area (Å²) in [6.07, 6.45) is 2.14. The van der Waals surface area contributed by atoms with E-state index in [0.29, 0.717) is 28.2 Å². The van der Waals surface area contributed by atoms with Gasteiger partial charge in [0.25, 0.3) is 5.91 Å². The number of nitrogens with zero attached hydrogens (tertiary/aromatic N) is 4. The number of benzene rings is 1. The number of pyridine rings is 1. The van der Waals surface area contributed by atoms with Gasteiger partial charge in [0.05, 0.1) is 38.2 Å². The standard InChI is InChI=1S/C22H22ClFN6O/c1-10-18-12(7-15(11-5-6-11)25-19(18)30(29-10)22(2,3)4)20(31)28-21-26-16-8-13(23)14(24)9-17(16)27-21/h7-9,11H,5-6H2,1-4H3,(H2,26,27,28,31). The second kappa shape index (κ2) is 6.75. The summed E-state index contributed by atoms with van der Waals surface area (Å²) < 4.78 is 15.6. The van der Waals surface area contributed by atoms with Crippen molar-refractivity contribution < 1.29 is 9.18 Å². The number of halogens is 2. The molecule has 5 rings (SSSR count). The number of anilines is 1. The van der Waals surface area contributed by atoms with Crippen LogP contribution in [0.4, 0.5) is 10.3 Å². The van der Waals surface area contributed by atoms with Crippen LogP contribution in [0.5, 0.6) is 0 Å². The summed E-state index contributed by atoms with van der Waals surface area (Å²) in [4.78, 5) is 25.4. The Balaban J connectivity index is 1.60. The lowest BCUT2D eigenvalue weighted by molar-refractivity contribution is 0.102. The highest BCUT2D eigenvalue weighted by Crippen LogP contribution is 2.41. The number of aromatic amines is 1. The first-order valence-corrected chi connectivity index (χ1v) is 10.6. The zero-order chi connectivity index (χ0) is 22.1. The second-order valence-corrected chi connectivity index (χ2v) is 9.47. The molecule has 3 heterocycles. The molecule has 0 atom stereocenters. The lowest BCUT2D eigenvalue weighted by Gasteiger charge is -2.20. The van der Waals surface area contributed by atoms with Gasteiger partial charge in [0.15, 0.2) is 5.65 Å². The van der Waals surface area contributed by atoms with Crippen LogP contribution in [0, 0.1) is 12.7 Å². The number of fused-ring (bicyclic) bond motifs is 2. The van der Waals surface area contributed by atoms with Crippen molar-refractivity contribution >= 4 is 45.5 Å². The van der Waals surface area contributed by atoms with Gasteiger partial charge >= 0.3 is 0 Å². The average molecular weight is 441 g/mol. The summed E-state index contributed by atoms with van der Waals surface area (Å²) in [5.74, 6) is -0.279. The minimum atomic E-state index is -0.550. The van der Waals surface area contributed by atoms with Crippen LogP contribution in [-0.4, -0.2) is 30.6 Å². The van der Waals surface area contributed by atoms with Crippen molar-refractivity contribution in [2.45, 2.75) is 52.0 Å². The molecule has 1 saturated carbocycles. The molecule has 0 spiro atoms. The molecule has 0 saturated heterocycles. The van der Waals surface area contributed by atoms with Gasteiger partial charge in [0.1, 0.15) is 5.82 Å². The van der Waals surface area contributed by atoms with E-state index in [-0.39, 0.29) is 22.4 Å². The summed E-state index contributed by atoms with van der Waals surface area (Å²) in [5.41, 5.74) is 3.49. The molecule has 0 radical (unpaired) electrons. The molecule has 3 aromatic heterocycles. The highest BCUT2D eigenvalue weighted by molar-refractivity contribution is 6.31. The number of hydrogen-bond acceptors (Lipinski definition) is 4. The minimum absolute atomic E-state index is 0.0213. The Hall–Kier alpha value is -3.00. The quantitative estimate of drug-likeness (QED) is 0.452. The molecule has 1 amide bonds. The topological polar surface area (TPSA) is 88.5 Å². The van der Waals surface area contributed by atoms with Crippen LogP contribution >= 0.6 is 11.6 Å². The fourth-order valence-corrected chi connectivity index (χ4v) is 3.94. The van der Waals surface area contributed by atoms with Gasteiger partial charge in [-0.2, -0.15) is 5.10 Å². The molecule has 2 N–H and O–H groups in total.